The molecule has 0 amide bonds. The summed E-state index contributed by atoms with van der Waals surface area (Å²) in [6.07, 6.45) is 0. The minimum atomic E-state index is 0.134. The number of thiocarbonyl (C=S) groups is 1. The maximum absolute atomic E-state index is 9.80. The molecule has 0 atom stereocenters. The maximum Gasteiger partial charge on any atom is 0.172 e. The zero-order valence-corrected chi connectivity index (χ0v) is 10.5. The first-order chi connectivity index (χ1) is 7.06. The molecule has 82 valence electrons. The lowest BCUT2D eigenvalue weighted by molar-refractivity contribution is 0.367. The Kier molecular flexibility index (Phi) is 4.23. The monoisotopic (exact) mass is 243 g/mol. The Morgan fingerprint density at radius 1 is 1.47 bits per heavy atom. The number of thioether (sulfide) groups is 1. The molecule has 1 N–H and O–H groups in total. The minimum Gasteiger partial charge on any atom is -0.503 e. The Hall–Kier alpha value is -0.940. The molecule has 0 bridgehead atoms. The van der Waals surface area contributed by atoms with Crippen molar-refractivity contribution in [3.63, 3.8) is 0 Å². The van der Waals surface area contributed by atoms with Gasteiger partial charge in [0.2, 0.25) is 0 Å². The summed E-state index contributed by atoms with van der Waals surface area (Å²) in [4.78, 5) is 2.52. The van der Waals surface area contributed by atoms with E-state index in [0.717, 1.165) is 0 Å². The van der Waals surface area contributed by atoms with E-state index in [1.807, 2.05) is 25.1 Å². The Balaban J connectivity index is 2.91. The van der Waals surface area contributed by atoms with Crippen molar-refractivity contribution in [2.24, 2.45) is 0 Å². The van der Waals surface area contributed by atoms with Gasteiger partial charge in [0.05, 0.1) is 12.0 Å². The molecule has 1 rings (SSSR count). The van der Waals surface area contributed by atoms with Gasteiger partial charge >= 0.3 is 0 Å². The van der Waals surface area contributed by atoms with Gasteiger partial charge in [-0.15, -0.1) is 0 Å². The fourth-order valence-corrected chi connectivity index (χ4v) is 1.92. The summed E-state index contributed by atoms with van der Waals surface area (Å²) in [7, 11) is 5.26. The number of phenolic OH excluding ortho intramolecular Hbond substituents is 1. The Labute approximate surface area is 99.0 Å². The normalized spacial score (nSPS) is 9.80. The van der Waals surface area contributed by atoms with Crippen molar-refractivity contribution in [1.29, 1.82) is 0 Å². The molecule has 0 unspecified atom stereocenters. The number of phenols is 1. The number of benzene rings is 1. The van der Waals surface area contributed by atoms with Crippen LogP contribution in [0, 0.1) is 0 Å². The van der Waals surface area contributed by atoms with Crippen LogP contribution < -0.4 is 4.74 Å². The maximum atomic E-state index is 9.80. The number of rotatable bonds is 2. The van der Waals surface area contributed by atoms with E-state index >= 15 is 0 Å². The molecule has 0 aliphatic carbocycles. The lowest BCUT2D eigenvalue weighted by atomic mass is 10.3. The van der Waals surface area contributed by atoms with Gasteiger partial charge in [0, 0.05) is 14.1 Å². The van der Waals surface area contributed by atoms with Crippen LogP contribution >= 0.6 is 24.0 Å². The van der Waals surface area contributed by atoms with Crippen LogP contribution in [0.3, 0.4) is 0 Å². The molecule has 5 heteroatoms. The molecular formula is C10H13NO2S2. The third-order valence-corrected chi connectivity index (χ3v) is 3.45. The van der Waals surface area contributed by atoms with Gasteiger partial charge in [-0.2, -0.15) is 0 Å². The number of aromatic hydroxyl groups is 1. The lowest BCUT2D eigenvalue weighted by Crippen LogP contribution is -2.15. The van der Waals surface area contributed by atoms with Crippen molar-refractivity contribution in [1.82, 2.24) is 4.90 Å². The molecule has 15 heavy (non-hydrogen) atoms. The van der Waals surface area contributed by atoms with Crippen molar-refractivity contribution in [3.05, 3.63) is 18.2 Å². The van der Waals surface area contributed by atoms with Gasteiger partial charge in [-0.3, -0.25) is 0 Å². The third-order valence-electron chi connectivity index (χ3n) is 1.74. The highest BCUT2D eigenvalue weighted by molar-refractivity contribution is 8.23. The summed E-state index contributed by atoms with van der Waals surface area (Å²) >= 11 is 6.47. The summed E-state index contributed by atoms with van der Waals surface area (Å²) in [5.74, 6) is 0.593. The highest BCUT2D eigenvalue weighted by Crippen LogP contribution is 2.36. The second-order valence-corrected chi connectivity index (χ2v) is 4.75. The van der Waals surface area contributed by atoms with E-state index < -0.39 is 0 Å². The summed E-state index contributed by atoms with van der Waals surface area (Å²) < 4.78 is 5.70. The highest BCUT2D eigenvalue weighted by atomic mass is 32.2. The number of ether oxygens (including phenoxy) is 1. The first kappa shape index (κ1) is 12.1. The molecule has 0 saturated heterocycles. The van der Waals surface area contributed by atoms with E-state index in [1.165, 1.54) is 18.9 Å². The third kappa shape index (κ3) is 3.00. The van der Waals surface area contributed by atoms with Crippen molar-refractivity contribution < 1.29 is 9.84 Å². The minimum absolute atomic E-state index is 0.134. The van der Waals surface area contributed by atoms with Crippen LogP contribution in [0.4, 0.5) is 0 Å². The predicted molar refractivity (Wildman–Crippen MR) is 66.8 cm³/mol. The van der Waals surface area contributed by atoms with Crippen LogP contribution in [-0.4, -0.2) is 35.5 Å². The second-order valence-electron chi connectivity index (χ2n) is 3.07. The summed E-state index contributed by atoms with van der Waals surface area (Å²) in [6.45, 7) is 0. The van der Waals surface area contributed by atoms with Gasteiger partial charge in [-0.05, 0) is 12.1 Å². The van der Waals surface area contributed by atoms with Crippen molar-refractivity contribution in [2.45, 2.75) is 4.90 Å². The van der Waals surface area contributed by atoms with E-state index in [0.29, 0.717) is 15.0 Å². The molecule has 1 aromatic carbocycles. The fraction of sp³-hybridized carbons (Fsp3) is 0.300. The van der Waals surface area contributed by atoms with Crippen molar-refractivity contribution in [3.8, 4) is 11.5 Å². The number of hydrogen-bond acceptors (Lipinski definition) is 4. The molecule has 1 aromatic rings. The molecule has 3 nitrogen and oxygen atoms in total. The van der Waals surface area contributed by atoms with Crippen LogP contribution in [-0.2, 0) is 0 Å². The number of nitrogens with zero attached hydrogens (tertiary/aromatic N) is 1. The summed E-state index contributed by atoms with van der Waals surface area (Å²) in [5.41, 5.74) is 0. The first-order valence-corrected chi connectivity index (χ1v) is 5.54. The lowest BCUT2D eigenvalue weighted by Gasteiger charge is -2.14. The fourth-order valence-electron chi connectivity index (χ4n) is 0.935. The Morgan fingerprint density at radius 3 is 2.67 bits per heavy atom. The molecule has 0 aliphatic rings. The zero-order chi connectivity index (χ0) is 11.4. The zero-order valence-electron chi connectivity index (χ0n) is 8.85. The molecule has 0 spiro atoms. The van der Waals surface area contributed by atoms with Gasteiger partial charge < -0.3 is 14.7 Å². The molecule has 0 fully saturated rings. The quantitative estimate of drug-likeness (QED) is 0.637. The average Bonchev–Trinajstić information content (AvgIpc) is 2.21. The van der Waals surface area contributed by atoms with Gasteiger partial charge in [0.15, 0.2) is 11.5 Å². The van der Waals surface area contributed by atoms with Crippen LogP contribution in [0.15, 0.2) is 23.1 Å². The Bertz CT molecular complexity index is 366. The van der Waals surface area contributed by atoms with Crippen LogP contribution in [0.25, 0.3) is 0 Å². The van der Waals surface area contributed by atoms with Gasteiger partial charge in [-0.1, -0.05) is 30.0 Å². The number of para-hydroxylation sites is 1. The van der Waals surface area contributed by atoms with E-state index in [2.05, 4.69) is 0 Å². The van der Waals surface area contributed by atoms with E-state index in [-0.39, 0.29) is 5.75 Å². The molecule has 0 saturated carbocycles. The molecule has 0 heterocycles. The summed E-state index contributed by atoms with van der Waals surface area (Å²) in [5, 5.41) is 9.80. The van der Waals surface area contributed by atoms with Gasteiger partial charge in [0.1, 0.15) is 4.32 Å². The highest BCUT2D eigenvalue weighted by Gasteiger charge is 2.10. The topological polar surface area (TPSA) is 32.7 Å². The van der Waals surface area contributed by atoms with Crippen LogP contribution in [0.5, 0.6) is 11.5 Å². The van der Waals surface area contributed by atoms with Crippen molar-refractivity contribution >= 4 is 28.3 Å². The molecule has 0 aromatic heterocycles. The van der Waals surface area contributed by atoms with Gasteiger partial charge in [-0.25, -0.2) is 0 Å². The predicted octanol–water partition coefficient (Wildman–Crippen LogP) is 2.34. The van der Waals surface area contributed by atoms with Crippen molar-refractivity contribution in [2.75, 3.05) is 21.2 Å². The SMILES string of the molecule is COc1cccc(SC(=S)N(C)C)c1O. The Morgan fingerprint density at radius 2 is 2.13 bits per heavy atom. The number of hydrogen-bond donors (Lipinski definition) is 1. The average molecular weight is 243 g/mol. The van der Waals surface area contributed by atoms with E-state index in [9.17, 15) is 5.11 Å². The van der Waals surface area contributed by atoms with Crippen LogP contribution in [0.1, 0.15) is 0 Å². The second kappa shape index (κ2) is 5.23. The van der Waals surface area contributed by atoms with Crippen LogP contribution in [0.2, 0.25) is 0 Å². The largest absolute Gasteiger partial charge is 0.503 e. The van der Waals surface area contributed by atoms with E-state index in [1.54, 1.807) is 12.1 Å². The first-order valence-electron chi connectivity index (χ1n) is 4.31. The number of methoxy groups -OCH3 is 1. The smallest absolute Gasteiger partial charge is 0.172 e. The standard InChI is InChI=1S/C10H13NO2S2/c1-11(2)10(14)15-8-6-4-5-7(13-3)9(8)12/h4-6,12H,1-3H3. The molecular weight excluding hydrogens is 230 g/mol. The molecule has 0 aliphatic heterocycles. The molecule has 0 radical (unpaired) electrons. The van der Waals surface area contributed by atoms with Gasteiger partial charge in [0.25, 0.3) is 0 Å². The van der Waals surface area contributed by atoms with E-state index in [4.69, 9.17) is 17.0 Å². The summed E-state index contributed by atoms with van der Waals surface area (Å²) in [6, 6.07) is 5.33.